The van der Waals surface area contributed by atoms with Crippen molar-refractivity contribution >= 4 is 11.8 Å². The molecule has 0 bridgehead atoms. The summed E-state index contributed by atoms with van der Waals surface area (Å²) in [5.74, 6) is 0.0251. The van der Waals surface area contributed by atoms with Crippen LogP contribution in [0.3, 0.4) is 0 Å². The average molecular weight is 306 g/mol. The molecule has 0 aromatic carbocycles. The predicted molar refractivity (Wildman–Crippen MR) is 79.1 cm³/mol. The third-order valence-corrected chi connectivity index (χ3v) is 4.88. The quantitative estimate of drug-likeness (QED) is 0.843. The number of carbonyl (C=O) groups excluding carboxylic acids is 2. The molecule has 2 saturated heterocycles. The summed E-state index contributed by atoms with van der Waals surface area (Å²) in [6.45, 7) is 2.15. The van der Waals surface area contributed by atoms with E-state index in [1.165, 1.54) is 0 Å². The number of rotatable bonds is 3. The smallest absolute Gasteiger partial charge is 0.272 e. The molecule has 0 aliphatic carbocycles. The first kappa shape index (κ1) is 15.0. The van der Waals surface area contributed by atoms with E-state index in [9.17, 15) is 9.59 Å². The fourth-order valence-electron chi connectivity index (χ4n) is 3.66. The van der Waals surface area contributed by atoms with Crippen LogP contribution in [0.5, 0.6) is 0 Å². The van der Waals surface area contributed by atoms with Crippen LogP contribution in [0.2, 0.25) is 0 Å². The lowest BCUT2D eigenvalue weighted by Gasteiger charge is -2.39. The Balaban J connectivity index is 1.75. The second-order valence-electron chi connectivity index (χ2n) is 6.22. The minimum Gasteiger partial charge on any atom is -0.395 e. The van der Waals surface area contributed by atoms with Gasteiger partial charge in [0.2, 0.25) is 5.91 Å². The molecule has 2 fully saturated rings. The van der Waals surface area contributed by atoms with Crippen LogP contribution in [-0.2, 0) is 11.8 Å². The molecule has 7 heteroatoms. The topological polar surface area (TPSA) is 78.7 Å². The number of hydrogen-bond acceptors (Lipinski definition) is 4. The maximum Gasteiger partial charge on any atom is 0.272 e. The molecule has 1 N–H and O–H groups in total. The zero-order valence-corrected chi connectivity index (χ0v) is 12.9. The van der Waals surface area contributed by atoms with E-state index >= 15 is 0 Å². The van der Waals surface area contributed by atoms with E-state index in [1.807, 2.05) is 0 Å². The van der Waals surface area contributed by atoms with Crippen molar-refractivity contribution in [2.75, 3.05) is 32.8 Å². The zero-order valence-electron chi connectivity index (χ0n) is 12.9. The van der Waals surface area contributed by atoms with Gasteiger partial charge in [0.1, 0.15) is 5.69 Å². The summed E-state index contributed by atoms with van der Waals surface area (Å²) >= 11 is 0. The number of hydrogen-bond donors (Lipinski definition) is 1. The Labute approximate surface area is 129 Å². The van der Waals surface area contributed by atoms with Crippen LogP contribution in [-0.4, -0.2) is 69.3 Å². The molecule has 1 atom stereocenters. The fourth-order valence-corrected chi connectivity index (χ4v) is 3.66. The summed E-state index contributed by atoms with van der Waals surface area (Å²) in [6, 6.07) is 1.70. The van der Waals surface area contributed by atoms with Gasteiger partial charge in [-0.2, -0.15) is 5.10 Å². The molecule has 2 aliphatic rings. The maximum atomic E-state index is 12.7. The van der Waals surface area contributed by atoms with E-state index in [2.05, 4.69) is 5.10 Å². The fraction of sp³-hybridized carbons (Fsp3) is 0.667. The Hall–Kier alpha value is -1.89. The van der Waals surface area contributed by atoms with Gasteiger partial charge in [-0.15, -0.1) is 0 Å². The van der Waals surface area contributed by atoms with E-state index in [1.54, 1.807) is 33.8 Å². The van der Waals surface area contributed by atoms with Crippen molar-refractivity contribution in [3.63, 3.8) is 0 Å². The van der Waals surface area contributed by atoms with E-state index in [-0.39, 0.29) is 18.4 Å². The Morgan fingerprint density at radius 2 is 2.23 bits per heavy atom. The predicted octanol–water partition coefficient (Wildman–Crippen LogP) is -0.133. The Morgan fingerprint density at radius 3 is 2.91 bits per heavy atom. The molecule has 3 rings (SSSR count). The molecule has 2 amide bonds. The number of amides is 2. The van der Waals surface area contributed by atoms with E-state index < -0.39 is 5.41 Å². The monoisotopic (exact) mass is 306 g/mol. The number of β-amino-alcohol motifs (C(OH)–C–C–N with tert-alkyl or cyclic N) is 1. The SMILES string of the molecule is Cn1nccc1C(=O)N1CC[C@]2(CCCN(CCO)C2=O)C1. The standard InChI is InChI=1S/C15H22N4O3/c1-17-12(3-6-16-17)13(21)19-8-5-15(11-19)4-2-7-18(9-10-20)14(15)22/h3,6,20H,2,4-5,7-11H2,1H3/t15-/m1/s1. The third-order valence-electron chi connectivity index (χ3n) is 4.88. The van der Waals surface area contributed by atoms with Crippen molar-refractivity contribution in [2.45, 2.75) is 19.3 Å². The molecule has 1 spiro atoms. The molecular weight excluding hydrogens is 284 g/mol. The molecule has 1 aromatic heterocycles. The third kappa shape index (κ3) is 2.39. The van der Waals surface area contributed by atoms with Gasteiger partial charge < -0.3 is 14.9 Å². The van der Waals surface area contributed by atoms with Gasteiger partial charge >= 0.3 is 0 Å². The lowest BCUT2D eigenvalue weighted by molar-refractivity contribution is -0.146. The minimum absolute atomic E-state index is 0.0144. The summed E-state index contributed by atoms with van der Waals surface area (Å²) in [6.07, 6.45) is 4.06. The highest BCUT2D eigenvalue weighted by Gasteiger charge is 2.49. The average Bonchev–Trinajstić information content (AvgIpc) is 3.11. The number of aromatic nitrogens is 2. The van der Waals surface area contributed by atoms with Crippen LogP contribution < -0.4 is 0 Å². The van der Waals surface area contributed by atoms with E-state index in [0.717, 1.165) is 12.8 Å². The van der Waals surface area contributed by atoms with E-state index in [0.29, 0.717) is 38.3 Å². The summed E-state index contributed by atoms with van der Waals surface area (Å²) in [5.41, 5.74) is 0.0920. The molecular formula is C15H22N4O3. The highest BCUT2D eigenvalue weighted by molar-refractivity contribution is 5.94. The van der Waals surface area contributed by atoms with Crippen molar-refractivity contribution in [1.29, 1.82) is 0 Å². The number of aliphatic hydroxyl groups excluding tert-OH is 1. The summed E-state index contributed by atoms with van der Waals surface area (Å²) in [5, 5.41) is 13.1. The number of aryl methyl sites for hydroxylation is 1. The van der Waals surface area contributed by atoms with Crippen molar-refractivity contribution < 1.29 is 14.7 Å². The van der Waals surface area contributed by atoms with Gasteiger partial charge in [-0.25, -0.2) is 0 Å². The van der Waals surface area contributed by atoms with Crippen LogP contribution in [0.4, 0.5) is 0 Å². The van der Waals surface area contributed by atoms with E-state index in [4.69, 9.17) is 5.11 Å². The largest absolute Gasteiger partial charge is 0.395 e. The summed E-state index contributed by atoms with van der Waals surface area (Å²) in [7, 11) is 1.74. The zero-order chi connectivity index (χ0) is 15.7. The molecule has 2 aliphatic heterocycles. The number of carbonyl (C=O) groups is 2. The van der Waals surface area contributed by atoms with Crippen molar-refractivity contribution in [1.82, 2.24) is 19.6 Å². The number of aliphatic hydroxyl groups is 1. The molecule has 0 radical (unpaired) electrons. The maximum absolute atomic E-state index is 12.7. The summed E-state index contributed by atoms with van der Waals surface area (Å²) in [4.78, 5) is 28.8. The Morgan fingerprint density at radius 1 is 1.41 bits per heavy atom. The van der Waals surface area contributed by atoms with Crippen LogP contribution in [0.1, 0.15) is 29.8 Å². The first-order chi connectivity index (χ1) is 10.6. The molecule has 22 heavy (non-hydrogen) atoms. The normalized spacial score (nSPS) is 25.3. The molecule has 120 valence electrons. The summed E-state index contributed by atoms with van der Waals surface area (Å²) < 4.78 is 1.56. The van der Waals surface area contributed by atoms with Gasteiger partial charge in [-0.1, -0.05) is 0 Å². The number of piperidine rings is 1. The molecule has 3 heterocycles. The van der Waals surface area contributed by atoms with Crippen LogP contribution in [0.15, 0.2) is 12.3 Å². The Bertz CT molecular complexity index is 583. The van der Waals surface area contributed by atoms with Crippen LogP contribution >= 0.6 is 0 Å². The lowest BCUT2D eigenvalue weighted by Crippen LogP contribution is -2.51. The number of nitrogens with zero attached hydrogens (tertiary/aromatic N) is 4. The molecule has 7 nitrogen and oxygen atoms in total. The Kier molecular flexibility index (Phi) is 3.90. The van der Waals surface area contributed by atoms with Crippen LogP contribution in [0.25, 0.3) is 0 Å². The van der Waals surface area contributed by atoms with Gasteiger partial charge in [-0.3, -0.25) is 14.3 Å². The molecule has 0 unspecified atom stereocenters. The first-order valence-electron chi connectivity index (χ1n) is 7.75. The number of likely N-dealkylation sites (tertiary alicyclic amines) is 2. The van der Waals surface area contributed by atoms with Crippen molar-refractivity contribution in [3.05, 3.63) is 18.0 Å². The molecule has 0 saturated carbocycles. The highest BCUT2D eigenvalue weighted by Crippen LogP contribution is 2.40. The minimum atomic E-state index is -0.457. The van der Waals surface area contributed by atoms with Gasteiger partial charge in [0.15, 0.2) is 0 Å². The van der Waals surface area contributed by atoms with Crippen molar-refractivity contribution in [3.8, 4) is 0 Å². The van der Waals surface area contributed by atoms with Gasteiger partial charge in [0.05, 0.1) is 12.0 Å². The van der Waals surface area contributed by atoms with Gasteiger partial charge in [0, 0.05) is 39.4 Å². The van der Waals surface area contributed by atoms with Gasteiger partial charge in [-0.05, 0) is 25.3 Å². The molecule has 1 aromatic rings. The van der Waals surface area contributed by atoms with Crippen LogP contribution in [0, 0.1) is 5.41 Å². The first-order valence-corrected chi connectivity index (χ1v) is 7.75. The second-order valence-corrected chi connectivity index (χ2v) is 6.22. The van der Waals surface area contributed by atoms with Crippen molar-refractivity contribution in [2.24, 2.45) is 12.5 Å². The highest BCUT2D eigenvalue weighted by atomic mass is 16.3. The second kappa shape index (κ2) is 5.72. The van der Waals surface area contributed by atoms with Gasteiger partial charge in [0.25, 0.3) is 5.91 Å². The lowest BCUT2D eigenvalue weighted by atomic mass is 9.78.